The van der Waals surface area contributed by atoms with Gasteiger partial charge in [-0.1, -0.05) is 6.92 Å². The molecule has 0 saturated carbocycles. The van der Waals surface area contributed by atoms with Gasteiger partial charge in [-0.2, -0.15) is 4.98 Å². The van der Waals surface area contributed by atoms with E-state index in [0.29, 0.717) is 18.4 Å². The molecule has 0 amide bonds. The standard InChI is InChI=1S/C12H20N4O/c1-9-5-7-16(8-10(9)17)11-4-6-13-12(14-11)15(2)3/h4,6,9-10,17H,5,7-8H2,1-3H3. The van der Waals surface area contributed by atoms with Gasteiger partial charge in [-0.05, 0) is 18.4 Å². The maximum absolute atomic E-state index is 9.89. The first kappa shape index (κ1) is 12.1. The number of β-amino-alcohol motifs (C(OH)–C–C–N with tert-alkyl or cyclic N) is 1. The third-order valence-electron chi connectivity index (χ3n) is 3.27. The predicted octanol–water partition coefficient (Wildman–Crippen LogP) is 0.750. The van der Waals surface area contributed by atoms with Crippen molar-refractivity contribution in [3.05, 3.63) is 12.3 Å². The van der Waals surface area contributed by atoms with Crippen LogP contribution in [-0.4, -0.2) is 48.4 Å². The first-order valence-electron chi connectivity index (χ1n) is 6.01. The van der Waals surface area contributed by atoms with E-state index in [2.05, 4.69) is 21.8 Å². The van der Waals surface area contributed by atoms with Crippen LogP contribution in [0.3, 0.4) is 0 Å². The van der Waals surface area contributed by atoms with Gasteiger partial charge < -0.3 is 14.9 Å². The largest absolute Gasteiger partial charge is 0.391 e. The van der Waals surface area contributed by atoms with Crippen LogP contribution >= 0.6 is 0 Å². The quantitative estimate of drug-likeness (QED) is 0.821. The summed E-state index contributed by atoms with van der Waals surface area (Å²) in [5.74, 6) is 1.98. The third kappa shape index (κ3) is 2.66. The third-order valence-corrected chi connectivity index (χ3v) is 3.27. The van der Waals surface area contributed by atoms with Gasteiger partial charge >= 0.3 is 0 Å². The molecule has 94 valence electrons. The van der Waals surface area contributed by atoms with Crippen molar-refractivity contribution in [2.75, 3.05) is 37.0 Å². The summed E-state index contributed by atoms with van der Waals surface area (Å²) in [5.41, 5.74) is 0. The summed E-state index contributed by atoms with van der Waals surface area (Å²) in [6.07, 6.45) is 2.51. The van der Waals surface area contributed by atoms with Gasteiger partial charge in [0.15, 0.2) is 0 Å². The molecule has 1 aromatic heterocycles. The van der Waals surface area contributed by atoms with Crippen LogP contribution in [0, 0.1) is 5.92 Å². The SMILES string of the molecule is CC1CCN(c2ccnc(N(C)C)n2)CC1O. The number of nitrogens with zero attached hydrogens (tertiary/aromatic N) is 4. The number of aromatic nitrogens is 2. The average molecular weight is 236 g/mol. The van der Waals surface area contributed by atoms with Crippen molar-refractivity contribution in [2.24, 2.45) is 5.92 Å². The molecule has 2 heterocycles. The molecule has 2 unspecified atom stereocenters. The molecule has 17 heavy (non-hydrogen) atoms. The van der Waals surface area contributed by atoms with Crippen LogP contribution in [0.4, 0.5) is 11.8 Å². The zero-order valence-corrected chi connectivity index (χ0v) is 10.7. The fourth-order valence-electron chi connectivity index (χ4n) is 1.99. The van der Waals surface area contributed by atoms with E-state index in [-0.39, 0.29) is 6.10 Å². The molecule has 2 rings (SSSR count). The summed E-state index contributed by atoms with van der Waals surface area (Å²) in [5, 5.41) is 9.89. The number of hydrogen-bond donors (Lipinski definition) is 1. The topological polar surface area (TPSA) is 52.5 Å². The summed E-state index contributed by atoms with van der Waals surface area (Å²) in [4.78, 5) is 12.7. The van der Waals surface area contributed by atoms with Crippen molar-refractivity contribution in [3.63, 3.8) is 0 Å². The van der Waals surface area contributed by atoms with Crippen molar-refractivity contribution in [1.82, 2.24) is 9.97 Å². The van der Waals surface area contributed by atoms with E-state index < -0.39 is 0 Å². The van der Waals surface area contributed by atoms with E-state index >= 15 is 0 Å². The maximum atomic E-state index is 9.89. The van der Waals surface area contributed by atoms with Crippen molar-refractivity contribution in [2.45, 2.75) is 19.4 Å². The lowest BCUT2D eigenvalue weighted by molar-refractivity contribution is 0.102. The summed E-state index contributed by atoms with van der Waals surface area (Å²) in [7, 11) is 3.85. The highest BCUT2D eigenvalue weighted by atomic mass is 16.3. The Labute approximate surface area is 102 Å². The molecule has 5 heteroatoms. The average Bonchev–Trinajstić information content (AvgIpc) is 2.33. The molecule has 2 atom stereocenters. The number of aliphatic hydroxyl groups is 1. The Morgan fingerprint density at radius 1 is 1.47 bits per heavy atom. The van der Waals surface area contributed by atoms with E-state index in [0.717, 1.165) is 18.8 Å². The molecule has 5 nitrogen and oxygen atoms in total. The number of piperidine rings is 1. The van der Waals surface area contributed by atoms with E-state index in [1.165, 1.54) is 0 Å². The molecule has 1 aliphatic heterocycles. The predicted molar refractivity (Wildman–Crippen MR) is 68.4 cm³/mol. The Morgan fingerprint density at radius 2 is 2.24 bits per heavy atom. The zero-order chi connectivity index (χ0) is 12.4. The Balaban J connectivity index is 2.14. The van der Waals surface area contributed by atoms with Gasteiger partial charge in [0.05, 0.1) is 6.10 Å². The summed E-state index contributed by atoms with van der Waals surface area (Å²) in [6, 6.07) is 1.90. The Bertz CT molecular complexity index is 383. The van der Waals surface area contributed by atoms with Gasteiger partial charge in [-0.3, -0.25) is 0 Å². The second kappa shape index (κ2) is 4.87. The molecule has 0 spiro atoms. The highest BCUT2D eigenvalue weighted by molar-refractivity contribution is 5.43. The van der Waals surface area contributed by atoms with Crippen molar-refractivity contribution in [1.29, 1.82) is 0 Å². The number of hydrogen-bond acceptors (Lipinski definition) is 5. The van der Waals surface area contributed by atoms with Crippen LogP contribution in [-0.2, 0) is 0 Å². The van der Waals surface area contributed by atoms with E-state index in [4.69, 9.17) is 0 Å². The molecule has 0 aromatic carbocycles. The van der Waals surface area contributed by atoms with Crippen LogP contribution in [0.1, 0.15) is 13.3 Å². The Morgan fingerprint density at radius 3 is 2.88 bits per heavy atom. The van der Waals surface area contributed by atoms with Crippen LogP contribution in [0.25, 0.3) is 0 Å². The van der Waals surface area contributed by atoms with Crippen LogP contribution in [0.2, 0.25) is 0 Å². The molecule has 1 N–H and O–H groups in total. The van der Waals surface area contributed by atoms with Gasteiger partial charge in [0.1, 0.15) is 5.82 Å². The fraction of sp³-hybridized carbons (Fsp3) is 0.667. The van der Waals surface area contributed by atoms with E-state index in [9.17, 15) is 5.11 Å². The maximum Gasteiger partial charge on any atom is 0.226 e. The van der Waals surface area contributed by atoms with Crippen molar-refractivity contribution >= 4 is 11.8 Å². The molecule has 1 saturated heterocycles. The zero-order valence-electron chi connectivity index (χ0n) is 10.7. The van der Waals surface area contributed by atoms with Crippen LogP contribution < -0.4 is 9.80 Å². The van der Waals surface area contributed by atoms with E-state index in [1.54, 1.807) is 6.20 Å². The highest BCUT2D eigenvalue weighted by Gasteiger charge is 2.25. The summed E-state index contributed by atoms with van der Waals surface area (Å²) < 4.78 is 0. The second-order valence-corrected chi connectivity index (χ2v) is 4.89. The number of rotatable bonds is 2. The minimum atomic E-state index is -0.262. The Kier molecular flexibility index (Phi) is 3.47. The van der Waals surface area contributed by atoms with Crippen molar-refractivity contribution < 1.29 is 5.11 Å². The lowest BCUT2D eigenvalue weighted by atomic mass is 9.96. The molecule has 0 bridgehead atoms. The smallest absolute Gasteiger partial charge is 0.226 e. The summed E-state index contributed by atoms with van der Waals surface area (Å²) in [6.45, 7) is 3.69. The molecule has 0 radical (unpaired) electrons. The number of aliphatic hydroxyl groups excluding tert-OH is 1. The van der Waals surface area contributed by atoms with E-state index in [1.807, 2.05) is 25.1 Å². The summed E-state index contributed by atoms with van der Waals surface area (Å²) >= 11 is 0. The number of anilines is 2. The Hall–Kier alpha value is -1.36. The minimum absolute atomic E-state index is 0.262. The lowest BCUT2D eigenvalue weighted by Crippen LogP contribution is -2.43. The normalized spacial score (nSPS) is 24.8. The van der Waals surface area contributed by atoms with Crippen LogP contribution in [0.15, 0.2) is 12.3 Å². The van der Waals surface area contributed by atoms with Gasteiger partial charge in [-0.15, -0.1) is 0 Å². The van der Waals surface area contributed by atoms with Crippen LogP contribution in [0.5, 0.6) is 0 Å². The highest BCUT2D eigenvalue weighted by Crippen LogP contribution is 2.22. The monoisotopic (exact) mass is 236 g/mol. The van der Waals surface area contributed by atoms with Gasteiger partial charge in [0, 0.05) is 33.4 Å². The first-order valence-corrected chi connectivity index (χ1v) is 6.01. The van der Waals surface area contributed by atoms with Gasteiger partial charge in [-0.25, -0.2) is 4.98 Å². The molecular formula is C12H20N4O. The molecule has 1 aromatic rings. The minimum Gasteiger partial charge on any atom is -0.391 e. The van der Waals surface area contributed by atoms with Gasteiger partial charge in [0.25, 0.3) is 0 Å². The van der Waals surface area contributed by atoms with Gasteiger partial charge in [0.2, 0.25) is 5.95 Å². The molecule has 1 fully saturated rings. The molecular weight excluding hydrogens is 216 g/mol. The second-order valence-electron chi connectivity index (χ2n) is 4.89. The van der Waals surface area contributed by atoms with Crippen molar-refractivity contribution in [3.8, 4) is 0 Å². The fourth-order valence-corrected chi connectivity index (χ4v) is 1.99. The molecule has 0 aliphatic carbocycles. The molecule has 1 aliphatic rings. The first-order chi connectivity index (χ1) is 8.08. The lowest BCUT2D eigenvalue weighted by Gasteiger charge is -2.35.